The van der Waals surface area contributed by atoms with Crippen LogP contribution in [0.3, 0.4) is 0 Å². The van der Waals surface area contributed by atoms with Crippen LogP contribution in [0.2, 0.25) is 10.0 Å². The molecule has 0 amide bonds. The third kappa shape index (κ3) is 3.41. The minimum absolute atomic E-state index is 0.0107. The summed E-state index contributed by atoms with van der Waals surface area (Å²) < 4.78 is 0. The van der Waals surface area contributed by atoms with Crippen molar-refractivity contribution in [2.45, 2.75) is 32.2 Å². The fraction of sp³-hybridized carbons (Fsp3) is 0.294. The average Bonchev–Trinajstić information content (AvgIpc) is 2.44. The second kappa shape index (κ2) is 6.37. The van der Waals surface area contributed by atoms with E-state index in [1.54, 1.807) is 6.07 Å². The summed E-state index contributed by atoms with van der Waals surface area (Å²) in [7, 11) is 0. The van der Waals surface area contributed by atoms with E-state index in [2.05, 4.69) is 38.3 Å². The Morgan fingerprint density at radius 3 is 2.19 bits per heavy atom. The van der Waals surface area contributed by atoms with Gasteiger partial charge in [-0.1, -0.05) is 80.4 Å². The zero-order valence-corrected chi connectivity index (χ0v) is 14.0. The summed E-state index contributed by atoms with van der Waals surface area (Å²) >= 11 is 12.5. The smallest absolute Gasteiger partial charge is 0.0727 e. The van der Waals surface area contributed by atoms with Crippen molar-refractivity contribution in [3.05, 3.63) is 69.2 Å². The summed E-state index contributed by atoms with van der Waals surface area (Å²) in [6.07, 6.45) is 0. The highest BCUT2D eigenvalue weighted by Crippen LogP contribution is 2.36. The van der Waals surface area contributed by atoms with E-state index in [-0.39, 0.29) is 11.5 Å². The quantitative estimate of drug-likeness (QED) is 0.626. The van der Waals surface area contributed by atoms with Gasteiger partial charge < -0.3 is 0 Å². The van der Waals surface area contributed by atoms with Crippen LogP contribution in [0.4, 0.5) is 0 Å². The lowest BCUT2D eigenvalue weighted by Crippen LogP contribution is -2.31. The molecule has 0 spiro atoms. The van der Waals surface area contributed by atoms with E-state index in [1.165, 1.54) is 5.56 Å². The zero-order chi connectivity index (χ0) is 15.6. The Hall–Kier alpha value is -1.06. The van der Waals surface area contributed by atoms with Gasteiger partial charge >= 0.3 is 0 Å². The Morgan fingerprint density at radius 1 is 0.952 bits per heavy atom. The molecular formula is C17H20Cl2N2. The first-order valence-electron chi connectivity index (χ1n) is 6.85. The largest absolute Gasteiger partial charge is 0.271 e. The van der Waals surface area contributed by atoms with Crippen molar-refractivity contribution in [3.8, 4) is 0 Å². The van der Waals surface area contributed by atoms with Gasteiger partial charge in [-0.2, -0.15) is 0 Å². The predicted molar refractivity (Wildman–Crippen MR) is 90.8 cm³/mol. The molecule has 0 aromatic heterocycles. The van der Waals surface area contributed by atoms with Crippen molar-refractivity contribution < 1.29 is 0 Å². The molecule has 21 heavy (non-hydrogen) atoms. The van der Waals surface area contributed by atoms with Crippen LogP contribution < -0.4 is 11.3 Å². The van der Waals surface area contributed by atoms with E-state index < -0.39 is 0 Å². The third-order valence-corrected chi connectivity index (χ3v) is 4.37. The summed E-state index contributed by atoms with van der Waals surface area (Å²) in [5.74, 6) is 5.82. The molecule has 2 aromatic rings. The maximum Gasteiger partial charge on any atom is 0.0727 e. The Kier molecular flexibility index (Phi) is 4.95. The fourth-order valence-corrected chi connectivity index (χ4v) is 2.94. The van der Waals surface area contributed by atoms with E-state index in [4.69, 9.17) is 29.0 Å². The highest BCUT2D eigenvalue weighted by atomic mass is 35.5. The lowest BCUT2D eigenvalue weighted by Gasteiger charge is -2.28. The molecule has 2 aromatic carbocycles. The second-order valence-corrected chi connectivity index (χ2v) is 6.87. The Morgan fingerprint density at radius 2 is 1.57 bits per heavy atom. The summed E-state index contributed by atoms with van der Waals surface area (Å²) in [6.45, 7) is 6.54. The van der Waals surface area contributed by atoms with Gasteiger partial charge in [0.15, 0.2) is 0 Å². The molecule has 2 rings (SSSR count). The fourth-order valence-electron chi connectivity index (χ4n) is 2.52. The van der Waals surface area contributed by atoms with Crippen molar-refractivity contribution in [3.63, 3.8) is 0 Å². The molecule has 0 aliphatic heterocycles. The molecule has 0 saturated heterocycles. The van der Waals surface area contributed by atoms with Gasteiger partial charge in [0.2, 0.25) is 0 Å². The molecule has 3 N–H and O–H groups in total. The predicted octanol–water partition coefficient (Wildman–Crippen LogP) is 4.84. The molecule has 1 unspecified atom stereocenters. The Bertz CT molecular complexity index is 633. The molecule has 0 bridgehead atoms. The maximum atomic E-state index is 6.36. The summed E-state index contributed by atoms with van der Waals surface area (Å²) in [6, 6.07) is 13.6. The van der Waals surface area contributed by atoms with E-state index in [0.29, 0.717) is 10.0 Å². The number of hydrogen-bond donors (Lipinski definition) is 2. The van der Waals surface area contributed by atoms with Crippen molar-refractivity contribution >= 4 is 23.2 Å². The summed E-state index contributed by atoms with van der Waals surface area (Å²) in [4.78, 5) is 0. The molecule has 2 nitrogen and oxygen atoms in total. The van der Waals surface area contributed by atoms with Crippen LogP contribution in [-0.4, -0.2) is 0 Å². The molecule has 0 fully saturated rings. The normalized spacial score (nSPS) is 13.2. The number of benzene rings is 2. The molecule has 112 valence electrons. The van der Waals surface area contributed by atoms with Gasteiger partial charge in [0.25, 0.3) is 0 Å². The molecule has 0 aliphatic carbocycles. The topological polar surface area (TPSA) is 38.0 Å². The number of hydrogen-bond acceptors (Lipinski definition) is 2. The first-order chi connectivity index (χ1) is 9.86. The van der Waals surface area contributed by atoms with Crippen LogP contribution in [0.25, 0.3) is 0 Å². The Balaban J connectivity index is 2.60. The van der Waals surface area contributed by atoms with Crippen molar-refractivity contribution in [2.75, 3.05) is 0 Å². The van der Waals surface area contributed by atoms with E-state index in [1.807, 2.05) is 24.3 Å². The molecule has 1 atom stereocenters. The Labute approximate surface area is 136 Å². The summed E-state index contributed by atoms with van der Waals surface area (Å²) in [5, 5.41) is 1.06. The first kappa shape index (κ1) is 16.3. The number of nitrogens with one attached hydrogen (secondary N) is 1. The molecule has 0 saturated carbocycles. The second-order valence-electron chi connectivity index (χ2n) is 6.08. The third-order valence-electron chi connectivity index (χ3n) is 3.54. The monoisotopic (exact) mass is 322 g/mol. The average molecular weight is 323 g/mol. The van der Waals surface area contributed by atoms with E-state index in [9.17, 15) is 0 Å². The lowest BCUT2D eigenvalue weighted by atomic mass is 9.80. The van der Waals surface area contributed by atoms with Gasteiger partial charge in [-0.25, -0.2) is 5.43 Å². The van der Waals surface area contributed by atoms with Crippen LogP contribution in [0, 0.1) is 0 Å². The molecule has 4 heteroatoms. The van der Waals surface area contributed by atoms with Crippen LogP contribution >= 0.6 is 23.2 Å². The van der Waals surface area contributed by atoms with Gasteiger partial charge in [0.1, 0.15) is 0 Å². The van der Waals surface area contributed by atoms with Crippen LogP contribution in [0.1, 0.15) is 43.5 Å². The van der Waals surface area contributed by atoms with Crippen molar-refractivity contribution in [1.29, 1.82) is 0 Å². The number of hydrazine groups is 1. The lowest BCUT2D eigenvalue weighted by molar-refractivity contribution is 0.558. The number of rotatable bonds is 3. The highest BCUT2D eigenvalue weighted by Gasteiger charge is 2.24. The van der Waals surface area contributed by atoms with Crippen LogP contribution in [0.15, 0.2) is 42.5 Å². The standard InChI is InChI=1S/C17H20Cl2N2/c1-17(2,3)13-9-5-4-7-11(13)16(21-20)12-8-6-10-14(18)15(12)19/h4-10,16,21H,20H2,1-3H3. The van der Waals surface area contributed by atoms with Crippen LogP contribution in [-0.2, 0) is 5.41 Å². The van der Waals surface area contributed by atoms with Gasteiger partial charge in [-0.05, 0) is 28.2 Å². The zero-order valence-electron chi connectivity index (χ0n) is 12.5. The summed E-state index contributed by atoms with van der Waals surface area (Å²) in [5.41, 5.74) is 6.09. The van der Waals surface area contributed by atoms with Crippen LogP contribution in [0.5, 0.6) is 0 Å². The van der Waals surface area contributed by atoms with E-state index >= 15 is 0 Å². The molecule has 0 aliphatic rings. The van der Waals surface area contributed by atoms with Gasteiger partial charge in [-0.15, -0.1) is 0 Å². The maximum absolute atomic E-state index is 6.36. The number of nitrogens with two attached hydrogens (primary N) is 1. The van der Waals surface area contributed by atoms with E-state index in [0.717, 1.165) is 11.1 Å². The van der Waals surface area contributed by atoms with Crippen molar-refractivity contribution in [2.24, 2.45) is 5.84 Å². The molecular weight excluding hydrogens is 303 g/mol. The van der Waals surface area contributed by atoms with Crippen molar-refractivity contribution in [1.82, 2.24) is 5.43 Å². The highest BCUT2D eigenvalue weighted by molar-refractivity contribution is 6.42. The van der Waals surface area contributed by atoms with Gasteiger partial charge in [-0.3, -0.25) is 5.84 Å². The van der Waals surface area contributed by atoms with Gasteiger partial charge in [0.05, 0.1) is 16.1 Å². The SMILES string of the molecule is CC(C)(C)c1ccccc1C(NN)c1cccc(Cl)c1Cl. The minimum atomic E-state index is -0.202. The number of halogens is 2. The first-order valence-corrected chi connectivity index (χ1v) is 7.61. The molecule has 0 heterocycles. The molecule has 0 radical (unpaired) electrons. The van der Waals surface area contributed by atoms with Gasteiger partial charge in [0, 0.05) is 0 Å². The minimum Gasteiger partial charge on any atom is -0.271 e.